The van der Waals surface area contributed by atoms with Gasteiger partial charge in [-0.15, -0.1) is 0 Å². The molecule has 1 aromatic carbocycles. The third-order valence-corrected chi connectivity index (χ3v) is 3.95. The molecule has 8 heteroatoms. The Morgan fingerprint density at radius 2 is 2.22 bits per heavy atom. The first-order valence-electron chi connectivity index (χ1n) is 7.18. The number of H-pyrrole nitrogens is 1. The summed E-state index contributed by atoms with van der Waals surface area (Å²) in [6, 6.07) is 6.54. The zero-order valence-electron chi connectivity index (χ0n) is 12.0. The largest absolute Gasteiger partial charge is 0.378 e. The molecule has 1 atom stereocenters. The second kappa shape index (κ2) is 5.77. The number of pyridine rings is 1. The summed E-state index contributed by atoms with van der Waals surface area (Å²) in [6.07, 6.45) is 0. The number of ether oxygens (including phenoxy) is 1. The van der Waals surface area contributed by atoms with Crippen LogP contribution in [0.1, 0.15) is 11.9 Å². The van der Waals surface area contributed by atoms with Crippen molar-refractivity contribution < 1.29 is 9.26 Å². The molecule has 3 aromatic rings. The predicted octanol–water partition coefficient (Wildman–Crippen LogP) is 1.89. The summed E-state index contributed by atoms with van der Waals surface area (Å²) in [5, 5.41) is 8.57. The number of morpholine rings is 1. The molecule has 1 aliphatic rings. The summed E-state index contributed by atoms with van der Waals surface area (Å²) >= 11 is 6.06. The summed E-state index contributed by atoms with van der Waals surface area (Å²) in [5.74, 6) is 0.792. The van der Waals surface area contributed by atoms with Crippen LogP contribution in [-0.4, -0.2) is 34.9 Å². The number of aromatic nitrogens is 3. The fourth-order valence-electron chi connectivity index (χ4n) is 2.62. The quantitative estimate of drug-likeness (QED) is 0.744. The van der Waals surface area contributed by atoms with Crippen molar-refractivity contribution in [3.8, 4) is 11.5 Å². The minimum atomic E-state index is -0.242. The van der Waals surface area contributed by atoms with Crippen LogP contribution in [0.25, 0.3) is 22.4 Å². The first-order valence-corrected chi connectivity index (χ1v) is 7.56. The summed E-state index contributed by atoms with van der Waals surface area (Å²) in [4.78, 5) is 19.0. The molecule has 1 unspecified atom stereocenters. The van der Waals surface area contributed by atoms with E-state index in [4.69, 9.17) is 20.9 Å². The Morgan fingerprint density at radius 3 is 3.04 bits per heavy atom. The van der Waals surface area contributed by atoms with Crippen molar-refractivity contribution in [1.82, 2.24) is 20.4 Å². The zero-order chi connectivity index (χ0) is 15.8. The summed E-state index contributed by atoms with van der Waals surface area (Å²) in [6.45, 7) is 1.89. The lowest BCUT2D eigenvalue weighted by atomic mass is 10.1. The Hall–Kier alpha value is -2.22. The molecular weight excluding hydrogens is 320 g/mol. The Morgan fingerprint density at radius 1 is 1.30 bits per heavy atom. The van der Waals surface area contributed by atoms with Crippen LogP contribution in [-0.2, 0) is 4.74 Å². The number of nitrogens with zero attached hydrogens (tertiary/aromatic N) is 2. The standard InChI is InChI=1S/C15H13ClN4O3/c16-8-1-2-11-9(5-8)10(6-13(21)18-11)15-19-14(20-23-15)12-7-22-4-3-17-12/h1-2,5-6,12,17H,3-4,7H2,(H,18,21). The van der Waals surface area contributed by atoms with E-state index < -0.39 is 0 Å². The van der Waals surface area contributed by atoms with Gasteiger partial charge in [-0.3, -0.25) is 4.79 Å². The van der Waals surface area contributed by atoms with Gasteiger partial charge in [0.2, 0.25) is 5.56 Å². The second-order valence-corrected chi connectivity index (χ2v) is 5.71. The maximum atomic E-state index is 11.9. The van der Waals surface area contributed by atoms with E-state index in [1.807, 2.05) is 0 Å². The monoisotopic (exact) mass is 332 g/mol. The first-order chi connectivity index (χ1) is 11.2. The van der Waals surface area contributed by atoms with Crippen molar-refractivity contribution in [2.75, 3.05) is 19.8 Å². The number of benzene rings is 1. The van der Waals surface area contributed by atoms with E-state index >= 15 is 0 Å². The van der Waals surface area contributed by atoms with Crippen LogP contribution >= 0.6 is 11.6 Å². The van der Waals surface area contributed by atoms with Gasteiger partial charge in [-0.2, -0.15) is 4.98 Å². The fourth-order valence-corrected chi connectivity index (χ4v) is 2.79. The summed E-state index contributed by atoms with van der Waals surface area (Å²) < 4.78 is 10.8. The molecule has 2 N–H and O–H groups in total. The molecule has 1 saturated heterocycles. The third-order valence-electron chi connectivity index (χ3n) is 3.71. The lowest BCUT2D eigenvalue weighted by Crippen LogP contribution is -2.35. The van der Waals surface area contributed by atoms with E-state index in [2.05, 4.69) is 20.4 Å². The normalized spacial score (nSPS) is 18.4. The first kappa shape index (κ1) is 14.4. The van der Waals surface area contributed by atoms with Crippen molar-refractivity contribution in [1.29, 1.82) is 0 Å². The Kier molecular flexibility index (Phi) is 3.60. The molecule has 0 spiro atoms. The average molecular weight is 333 g/mol. The number of aromatic amines is 1. The number of fused-ring (bicyclic) bond motifs is 1. The van der Waals surface area contributed by atoms with Gasteiger partial charge in [0, 0.05) is 28.5 Å². The van der Waals surface area contributed by atoms with Crippen LogP contribution in [0.15, 0.2) is 33.6 Å². The van der Waals surface area contributed by atoms with Gasteiger partial charge in [-0.1, -0.05) is 16.8 Å². The number of hydrogen-bond donors (Lipinski definition) is 2. The minimum absolute atomic E-state index is 0.113. The molecule has 1 fully saturated rings. The van der Waals surface area contributed by atoms with Crippen LogP contribution < -0.4 is 10.9 Å². The number of rotatable bonds is 2. The molecule has 1 aliphatic heterocycles. The molecule has 3 heterocycles. The molecule has 2 aromatic heterocycles. The van der Waals surface area contributed by atoms with E-state index in [0.29, 0.717) is 35.1 Å². The molecule has 0 saturated carbocycles. The van der Waals surface area contributed by atoms with Crippen LogP contribution in [0.4, 0.5) is 0 Å². The summed E-state index contributed by atoms with van der Waals surface area (Å²) in [7, 11) is 0. The topological polar surface area (TPSA) is 93.0 Å². The van der Waals surface area contributed by atoms with Crippen molar-refractivity contribution in [3.05, 3.63) is 45.5 Å². The van der Waals surface area contributed by atoms with Gasteiger partial charge in [0.05, 0.1) is 24.8 Å². The van der Waals surface area contributed by atoms with Crippen molar-refractivity contribution in [2.24, 2.45) is 0 Å². The highest BCUT2D eigenvalue weighted by atomic mass is 35.5. The minimum Gasteiger partial charge on any atom is -0.378 e. The number of halogens is 1. The van der Waals surface area contributed by atoms with Gasteiger partial charge >= 0.3 is 0 Å². The molecule has 118 valence electrons. The van der Waals surface area contributed by atoms with E-state index in [0.717, 1.165) is 11.9 Å². The van der Waals surface area contributed by atoms with E-state index in [9.17, 15) is 4.79 Å². The van der Waals surface area contributed by atoms with Gasteiger partial charge in [-0.05, 0) is 18.2 Å². The lowest BCUT2D eigenvalue weighted by molar-refractivity contribution is 0.0734. The highest BCUT2D eigenvalue weighted by Crippen LogP contribution is 2.28. The second-order valence-electron chi connectivity index (χ2n) is 5.28. The van der Waals surface area contributed by atoms with Crippen LogP contribution in [0.5, 0.6) is 0 Å². The van der Waals surface area contributed by atoms with Gasteiger partial charge in [0.25, 0.3) is 5.89 Å². The third kappa shape index (κ3) is 2.74. The summed E-state index contributed by atoms with van der Waals surface area (Å²) in [5.41, 5.74) is 0.978. The van der Waals surface area contributed by atoms with Gasteiger partial charge in [0.1, 0.15) is 0 Å². The van der Waals surface area contributed by atoms with Gasteiger partial charge < -0.3 is 19.6 Å². The number of hydrogen-bond acceptors (Lipinski definition) is 6. The Balaban J connectivity index is 1.81. The number of nitrogens with one attached hydrogen (secondary N) is 2. The smallest absolute Gasteiger partial charge is 0.258 e. The molecule has 4 rings (SSSR count). The van der Waals surface area contributed by atoms with Crippen molar-refractivity contribution in [2.45, 2.75) is 6.04 Å². The molecule has 0 bridgehead atoms. The molecule has 0 amide bonds. The van der Waals surface area contributed by atoms with Crippen molar-refractivity contribution >= 4 is 22.5 Å². The molecule has 0 aliphatic carbocycles. The molecule has 0 radical (unpaired) electrons. The van der Waals surface area contributed by atoms with Crippen LogP contribution in [0.2, 0.25) is 5.02 Å². The van der Waals surface area contributed by atoms with Gasteiger partial charge in [0.15, 0.2) is 5.82 Å². The maximum Gasteiger partial charge on any atom is 0.258 e. The Bertz CT molecular complexity index is 914. The molecule has 7 nitrogen and oxygen atoms in total. The lowest BCUT2D eigenvalue weighted by Gasteiger charge is -2.20. The zero-order valence-corrected chi connectivity index (χ0v) is 12.8. The fraction of sp³-hybridized carbons (Fsp3) is 0.267. The average Bonchev–Trinajstić information content (AvgIpc) is 3.05. The van der Waals surface area contributed by atoms with E-state index in [1.165, 1.54) is 6.07 Å². The molecular formula is C15H13ClN4O3. The highest BCUT2D eigenvalue weighted by molar-refractivity contribution is 6.31. The maximum absolute atomic E-state index is 11.9. The Labute approximate surface area is 135 Å². The van der Waals surface area contributed by atoms with Crippen LogP contribution in [0, 0.1) is 0 Å². The van der Waals surface area contributed by atoms with E-state index in [1.54, 1.807) is 18.2 Å². The van der Waals surface area contributed by atoms with Crippen LogP contribution in [0.3, 0.4) is 0 Å². The van der Waals surface area contributed by atoms with E-state index in [-0.39, 0.29) is 17.5 Å². The SMILES string of the molecule is O=c1cc(-c2nc(C3COCCN3)no2)c2cc(Cl)ccc2[nH]1. The highest BCUT2D eigenvalue weighted by Gasteiger charge is 2.22. The predicted molar refractivity (Wildman–Crippen MR) is 84.4 cm³/mol. The molecule has 23 heavy (non-hydrogen) atoms. The van der Waals surface area contributed by atoms with Gasteiger partial charge in [-0.25, -0.2) is 0 Å². The van der Waals surface area contributed by atoms with Crippen molar-refractivity contribution in [3.63, 3.8) is 0 Å².